The fraction of sp³-hybridized carbons (Fsp3) is 0.286. The first-order valence-electron chi connectivity index (χ1n) is 6.50. The third-order valence-corrected chi connectivity index (χ3v) is 3.68. The van der Waals surface area contributed by atoms with Gasteiger partial charge in [0.2, 0.25) is 5.82 Å². The van der Waals surface area contributed by atoms with Crippen LogP contribution in [0.5, 0.6) is 0 Å². The molecule has 20 heavy (non-hydrogen) atoms. The summed E-state index contributed by atoms with van der Waals surface area (Å²) < 4.78 is 10.7. The van der Waals surface area contributed by atoms with Crippen molar-refractivity contribution in [3.05, 3.63) is 36.4 Å². The highest BCUT2D eigenvalue weighted by molar-refractivity contribution is 5.91. The highest BCUT2D eigenvalue weighted by Gasteiger charge is 2.39. The first-order valence-corrected chi connectivity index (χ1v) is 6.50. The van der Waals surface area contributed by atoms with Crippen LogP contribution in [0, 0.1) is 0 Å². The molecule has 1 saturated heterocycles. The molecule has 0 radical (unpaired) electrons. The molecule has 1 aliphatic rings. The topological polar surface area (TPSA) is 84.3 Å². The zero-order valence-corrected chi connectivity index (χ0v) is 10.7. The quantitative estimate of drug-likeness (QED) is 0.737. The van der Waals surface area contributed by atoms with Crippen LogP contribution in [0.1, 0.15) is 12.3 Å². The van der Waals surface area contributed by atoms with E-state index in [1.54, 1.807) is 6.26 Å². The molecule has 6 heteroatoms. The van der Waals surface area contributed by atoms with Crippen molar-refractivity contribution < 1.29 is 14.0 Å². The van der Waals surface area contributed by atoms with E-state index in [-0.39, 0.29) is 5.89 Å². The summed E-state index contributed by atoms with van der Waals surface area (Å²) in [6.07, 6.45) is 2.18. The Balaban J connectivity index is 1.78. The summed E-state index contributed by atoms with van der Waals surface area (Å²) in [7, 11) is 0. The standard InChI is InChI=1S/C14H13N3O3/c18-14(5-6-15-8-14)13-16-12(17-20-13)10-7-19-11-4-2-1-3-9(10)11/h1-4,7,15,18H,5-6,8H2. The Bertz CT molecular complexity index is 756. The predicted molar refractivity (Wildman–Crippen MR) is 70.9 cm³/mol. The van der Waals surface area contributed by atoms with Crippen molar-refractivity contribution >= 4 is 11.0 Å². The van der Waals surface area contributed by atoms with Crippen LogP contribution in [0.2, 0.25) is 0 Å². The minimum atomic E-state index is -1.06. The zero-order chi connectivity index (χ0) is 13.6. The number of furan rings is 1. The van der Waals surface area contributed by atoms with Crippen molar-refractivity contribution in [1.82, 2.24) is 15.5 Å². The van der Waals surface area contributed by atoms with Crippen LogP contribution in [0.4, 0.5) is 0 Å². The van der Waals surface area contributed by atoms with Crippen LogP contribution in [-0.2, 0) is 5.60 Å². The van der Waals surface area contributed by atoms with Crippen LogP contribution in [0.15, 0.2) is 39.5 Å². The van der Waals surface area contributed by atoms with Gasteiger partial charge in [-0.15, -0.1) is 0 Å². The third kappa shape index (κ3) is 1.65. The Morgan fingerprint density at radius 3 is 3.05 bits per heavy atom. The van der Waals surface area contributed by atoms with Crippen LogP contribution in [0.25, 0.3) is 22.4 Å². The number of β-amino-alcohol motifs (C(OH)–C–C–N with tert-alkyl or cyclic N) is 1. The molecule has 1 aliphatic heterocycles. The molecule has 1 unspecified atom stereocenters. The fourth-order valence-electron chi connectivity index (χ4n) is 2.53. The van der Waals surface area contributed by atoms with Gasteiger partial charge in [0.15, 0.2) is 5.60 Å². The second-order valence-electron chi connectivity index (χ2n) is 5.03. The lowest BCUT2D eigenvalue weighted by Crippen LogP contribution is -2.28. The smallest absolute Gasteiger partial charge is 0.260 e. The summed E-state index contributed by atoms with van der Waals surface area (Å²) in [6, 6.07) is 7.66. The van der Waals surface area contributed by atoms with Crippen molar-refractivity contribution in [3.63, 3.8) is 0 Å². The highest BCUT2D eigenvalue weighted by Crippen LogP contribution is 2.31. The van der Waals surface area contributed by atoms with E-state index >= 15 is 0 Å². The summed E-state index contributed by atoms with van der Waals surface area (Å²) in [5.41, 5.74) is 0.477. The molecule has 0 saturated carbocycles. The van der Waals surface area contributed by atoms with E-state index in [1.807, 2.05) is 24.3 Å². The first kappa shape index (κ1) is 11.6. The van der Waals surface area contributed by atoms with E-state index in [9.17, 15) is 5.11 Å². The van der Waals surface area contributed by atoms with Gasteiger partial charge in [-0.25, -0.2) is 0 Å². The zero-order valence-electron chi connectivity index (χ0n) is 10.7. The number of nitrogens with one attached hydrogen (secondary N) is 1. The maximum atomic E-state index is 10.4. The number of aromatic nitrogens is 2. The molecule has 102 valence electrons. The molecule has 3 heterocycles. The van der Waals surface area contributed by atoms with Gasteiger partial charge in [-0.2, -0.15) is 4.98 Å². The molecular weight excluding hydrogens is 258 g/mol. The molecule has 1 aromatic carbocycles. The van der Waals surface area contributed by atoms with Crippen LogP contribution >= 0.6 is 0 Å². The third-order valence-electron chi connectivity index (χ3n) is 3.68. The number of rotatable bonds is 2. The predicted octanol–water partition coefficient (Wildman–Crippen LogP) is 1.66. The summed E-state index contributed by atoms with van der Waals surface area (Å²) in [5, 5.41) is 18.4. The van der Waals surface area contributed by atoms with Gasteiger partial charge < -0.3 is 19.4 Å². The van der Waals surface area contributed by atoms with E-state index in [4.69, 9.17) is 8.94 Å². The van der Waals surface area contributed by atoms with Gasteiger partial charge in [-0.1, -0.05) is 23.4 Å². The van der Waals surface area contributed by atoms with Crippen molar-refractivity contribution in [2.45, 2.75) is 12.0 Å². The lowest BCUT2D eigenvalue weighted by Gasteiger charge is -2.14. The molecule has 2 aromatic heterocycles. The molecule has 6 nitrogen and oxygen atoms in total. The number of benzene rings is 1. The minimum Gasteiger partial charge on any atom is -0.464 e. The number of hydrogen-bond acceptors (Lipinski definition) is 6. The van der Waals surface area contributed by atoms with Gasteiger partial charge in [-0.3, -0.25) is 0 Å². The number of para-hydroxylation sites is 1. The fourth-order valence-corrected chi connectivity index (χ4v) is 2.53. The molecule has 0 amide bonds. The Morgan fingerprint density at radius 2 is 2.20 bits per heavy atom. The number of fused-ring (bicyclic) bond motifs is 1. The summed E-state index contributed by atoms with van der Waals surface area (Å²) in [5.74, 6) is 0.688. The highest BCUT2D eigenvalue weighted by atomic mass is 16.5. The van der Waals surface area contributed by atoms with Crippen molar-refractivity contribution in [3.8, 4) is 11.4 Å². The van der Waals surface area contributed by atoms with Crippen LogP contribution in [-0.4, -0.2) is 28.3 Å². The van der Waals surface area contributed by atoms with Crippen LogP contribution < -0.4 is 5.32 Å². The van der Waals surface area contributed by atoms with E-state index in [0.29, 0.717) is 18.8 Å². The molecule has 3 aromatic rings. The second-order valence-corrected chi connectivity index (χ2v) is 5.03. The van der Waals surface area contributed by atoms with Crippen LogP contribution in [0.3, 0.4) is 0 Å². The van der Waals surface area contributed by atoms with Gasteiger partial charge in [0.1, 0.15) is 11.8 Å². The largest absolute Gasteiger partial charge is 0.464 e. The van der Waals surface area contributed by atoms with Gasteiger partial charge in [0.05, 0.1) is 5.56 Å². The summed E-state index contributed by atoms with van der Waals surface area (Å²) in [4.78, 5) is 4.33. The summed E-state index contributed by atoms with van der Waals surface area (Å²) in [6.45, 7) is 1.17. The minimum absolute atomic E-state index is 0.253. The molecule has 4 rings (SSSR count). The maximum Gasteiger partial charge on any atom is 0.260 e. The maximum absolute atomic E-state index is 10.4. The van der Waals surface area contributed by atoms with E-state index in [2.05, 4.69) is 15.5 Å². The number of nitrogens with zero attached hydrogens (tertiary/aromatic N) is 2. The molecule has 1 atom stereocenters. The van der Waals surface area contributed by atoms with Gasteiger partial charge in [0.25, 0.3) is 5.89 Å². The average molecular weight is 271 g/mol. The van der Waals surface area contributed by atoms with E-state index in [0.717, 1.165) is 23.1 Å². The van der Waals surface area contributed by atoms with E-state index < -0.39 is 5.60 Å². The van der Waals surface area contributed by atoms with Crippen molar-refractivity contribution in [1.29, 1.82) is 0 Å². The molecule has 0 aliphatic carbocycles. The Labute approximate surface area is 114 Å². The van der Waals surface area contributed by atoms with Crippen molar-refractivity contribution in [2.75, 3.05) is 13.1 Å². The lowest BCUT2D eigenvalue weighted by atomic mass is 10.0. The molecule has 0 bridgehead atoms. The normalized spacial score (nSPS) is 22.6. The van der Waals surface area contributed by atoms with Gasteiger partial charge >= 0.3 is 0 Å². The Kier molecular flexibility index (Phi) is 2.42. The monoisotopic (exact) mass is 271 g/mol. The van der Waals surface area contributed by atoms with E-state index in [1.165, 1.54) is 0 Å². The molecule has 0 spiro atoms. The molecular formula is C14H13N3O3. The molecule has 2 N–H and O–H groups in total. The van der Waals surface area contributed by atoms with Crippen molar-refractivity contribution in [2.24, 2.45) is 0 Å². The molecule has 1 fully saturated rings. The Hall–Kier alpha value is -2.18. The number of aliphatic hydroxyl groups is 1. The van der Waals surface area contributed by atoms with Gasteiger partial charge in [0, 0.05) is 11.9 Å². The van der Waals surface area contributed by atoms with Gasteiger partial charge in [-0.05, 0) is 19.0 Å². The lowest BCUT2D eigenvalue weighted by molar-refractivity contribution is 0.0243. The Morgan fingerprint density at radius 1 is 1.30 bits per heavy atom. The SMILES string of the molecule is OC1(c2nc(-c3coc4ccccc34)no2)CCNC1. The average Bonchev–Trinajstić information content (AvgIpc) is 3.16. The first-order chi connectivity index (χ1) is 9.76. The second kappa shape index (κ2) is 4.16. The summed E-state index contributed by atoms with van der Waals surface area (Å²) >= 11 is 0. The number of hydrogen-bond donors (Lipinski definition) is 2.